The van der Waals surface area contributed by atoms with Crippen molar-refractivity contribution >= 4 is 23.4 Å². The van der Waals surface area contributed by atoms with Crippen molar-refractivity contribution in [3.8, 4) is 0 Å². The summed E-state index contributed by atoms with van der Waals surface area (Å²) in [5.41, 5.74) is 0. The Kier molecular flexibility index (Phi) is 3.29. The van der Waals surface area contributed by atoms with Crippen LogP contribution in [0.2, 0.25) is 5.02 Å². The van der Waals surface area contributed by atoms with E-state index in [0.29, 0.717) is 17.4 Å². The first-order valence-electron chi connectivity index (χ1n) is 5.27. The van der Waals surface area contributed by atoms with E-state index in [9.17, 15) is 4.79 Å². The van der Waals surface area contributed by atoms with Gasteiger partial charge in [-0.3, -0.25) is 4.79 Å². The zero-order valence-electron chi connectivity index (χ0n) is 8.77. The van der Waals surface area contributed by atoms with Crippen LogP contribution in [0.1, 0.15) is 12.8 Å². The summed E-state index contributed by atoms with van der Waals surface area (Å²) in [5.74, 6) is -0.362. The normalized spacial score (nSPS) is 20.8. The van der Waals surface area contributed by atoms with Gasteiger partial charge in [0.15, 0.2) is 0 Å². The number of hydrogen-bond donors (Lipinski definition) is 1. The molecule has 1 fully saturated rings. The summed E-state index contributed by atoms with van der Waals surface area (Å²) in [6, 6.07) is 3.54. The second-order valence-electron chi connectivity index (χ2n) is 3.93. The van der Waals surface area contributed by atoms with Gasteiger partial charge in [0.05, 0.1) is 10.9 Å². The summed E-state index contributed by atoms with van der Waals surface area (Å²) < 4.78 is 0. The quantitative estimate of drug-likeness (QED) is 0.860. The monoisotopic (exact) mass is 240 g/mol. The van der Waals surface area contributed by atoms with Crippen molar-refractivity contribution in [2.45, 2.75) is 12.8 Å². The predicted octanol–water partition coefficient (Wildman–Crippen LogP) is 2.04. The van der Waals surface area contributed by atoms with Gasteiger partial charge in [-0.2, -0.15) is 0 Å². The lowest BCUT2D eigenvalue weighted by molar-refractivity contribution is -0.141. The number of carboxylic acids is 1. The summed E-state index contributed by atoms with van der Waals surface area (Å²) in [4.78, 5) is 17.1. The SMILES string of the molecule is O=C(O)C1CCCN(c2ncccc2Cl)C1. The van der Waals surface area contributed by atoms with Gasteiger partial charge in [-0.25, -0.2) is 4.98 Å². The Labute approximate surface area is 98.9 Å². The average molecular weight is 241 g/mol. The lowest BCUT2D eigenvalue weighted by Gasteiger charge is -2.31. The van der Waals surface area contributed by atoms with Gasteiger partial charge < -0.3 is 10.0 Å². The van der Waals surface area contributed by atoms with Crippen LogP contribution >= 0.6 is 11.6 Å². The minimum atomic E-state index is -0.739. The molecule has 2 heterocycles. The highest BCUT2D eigenvalue weighted by Gasteiger charge is 2.26. The lowest BCUT2D eigenvalue weighted by Crippen LogP contribution is -2.39. The molecule has 0 saturated carbocycles. The Balaban J connectivity index is 2.16. The van der Waals surface area contributed by atoms with Crippen LogP contribution in [-0.2, 0) is 4.79 Å². The molecule has 1 N–H and O–H groups in total. The highest BCUT2D eigenvalue weighted by atomic mass is 35.5. The molecule has 1 aromatic heterocycles. The first-order chi connectivity index (χ1) is 7.68. The molecule has 0 radical (unpaired) electrons. The molecule has 0 amide bonds. The van der Waals surface area contributed by atoms with Crippen molar-refractivity contribution in [3.05, 3.63) is 23.4 Å². The fourth-order valence-corrected chi connectivity index (χ4v) is 2.22. The number of aromatic nitrogens is 1. The first-order valence-corrected chi connectivity index (χ1v) is 5.64. The van der Waals surface area contributed by atoms with Gasteiger partial charge in [-0.05, 0) is 25.0 Å². The highest BCUT2D eigenvalue weighted by molar-refractivity contribution is 6.32. The number of piperidine rings is 1. The maximum Gasteiger partial charge on any atom is 0.308 e. The van der Waals surface area contributed by atoms with Crippen LogP contribution < -0.4 is 4.90 Å². The number of hydrogen-bond acceptors (Lipinski definition) is 3. The Bertz CT molecular complexity index is 397. The molecule has 0 aromatic carbocycles. The van der Waals surface area contributed by atoms with Crippen LogP contribution in [-0.4, -0.2) is 29.1 Å². The zero-order valence-corrected chi connectivity index (χ0v) is 9.52. The molecule has 16 heavy (non-hydrogen) atoms. The summed E-state index contributed by atoms with van der Waals surface area (Å²) in [5, 5.41) is 9.57. The van der Waals surface area contributed by atoms with Crippen molar-refractivity contribution < 1.29 is 9.90 Å². The first kappa shape index (κ1) is 11.2. The third kappa shape index (κ3) is 2.27. The topological polar surface area (TPSA) is 53.4 Å². The summed E-state index contributed by atoms with van der Waals surface area (Å²) in [6.07, 6.45) is 3.27. The van der Waals surface area contributed by atoms with E-state index in [0.717, 1.165) is 19.4 Å². The van der Waals surface area contributed by atoms with Gasteiger partial charge in [0.1, 0.15) is 5.82 Å². The van der Waals surface area contributed by atoms with E-state index in [1.54, 1.807) is 18.3 Å². The number of nitrogens with zero attached hydrogens (tertiary/aromatic N) is 2. The molecule has 0 aliphatic carbocycles. The average Bonchev–Trinajstić information content (AvgIpc) is 2.30. The molecule has 1 atom stereocenters. The Hall–Kier alpha value is -1.29. The largest absolute Gasteiger partial charge is 0.481 e. The van der Waals surface area contributed by atoms with Crippen molar-refractivity contribution in [1.29, 1.82) is 0 Å². The molecule has 1 aromatic rings. The van der Waals surface area contributed by atoms with Crippen LogP contribution in [0.3, 0.4) is 0 Å². The Morgan fingerprint density at radius 2 is 2.44 bits per heavy atom. The van der Waals surface area contributed by atoms with Gasteiger partial charge in [-0.15, -0.1) is 0 Å². The Morgan fingerprint density at radius 1 is 1.62 bits per heavy atom. The van der Waals surface area contributed by atoms with E-state index in [1.807, 2.05) is 4.90 Å². The van der Waals surface area contributed by atoms with E-state index < -0.39 is 5.97 Å². The molecule has 1 saturated heterocycles. The zero-order chi connectivity index (χ0) is 11.5. The third-order valence-corrected chi connectivity index (χ3v) is 3.10. The molecule has 5 heteroatoms. The number of pyridine rings is 1. The molecule has 0 bridgehead atoms. The van der Waals surface area contributed by atoms with E-state index in [2.05, 4.69) is 4.98 Å². The van der Waals surface area contributed by atoms with E-state index in [4.69, 9.17) is 16.7 Å². The van der Waals surface area contributed by atoms with Crippen LogP contribution in [0, 0.1) is 5.92 Å². The molecule has 4 nitrogen and oxygen atoms in total. The maximum atomic E-state index is 10.9. The lowest BCUT2D eigenvalue weighted by atomic mass is 9.98. The maximum absolute atomic E-state index is 10.9. The predicted molar refractivity (Wildman–Crippen MR) is 61.8 cm³/mol. The van der Waals surface area contributed by atoms with Crippen LogP contribution in [0.4, 0.5) is 5.82 Å². The molecule has 2 rings (SSSR count). The molecule has 86 valence electrons. The summed E-state index contributed by atoms with van der Waals surface area (Å²) in [6.45, 7) is 1.31. The van der Waals surface area contributed by atoms with Crippen LogP contribution in [0.5, 0.6) is 0 Å². The van der Waals surface area contributed by atoms with Crippen molar-refractivity contribution in [2.24, 2.45) is 5.92 Å². The van der Waals surface area contributed by atoms with Crippen LogP contribution in [0.15, 0.2) is 18.3 Å². The Morgan fingerprint density at radius 3 is 3.12 bits per heavy atom. The second-order valence-corrected chi connectivity index (χ2v) is 4.34. The summed E-state index contributed by atoms with van der Waals surface area (Å²) in [7, 11) is 0. The van der Waals surface area contributed by atoms with Crippen molar-refractivity contribution in [2.75, 3.05) is 18.0 Å². The van der Waals surface area contributed by atoms with Gasteiger partial charge in [0.2, 0.25) is 0 Å². The molecule has 1 unspecified atom stereocenters. The standard InChI is InChI=1S/C11H13ClN2O2/c12-9-4-1-5-13-10(9)14-6-2-3-8(7-14)11(15)16/h1,4-5,8H,2-3,6-7H2,(H,15,16). The fourth-order valence-electron chi connectivity index (χ4n) is 1.98. The minimum Gasteiger partial charge on any atom is -0.481 e. The second kappa shape index (κ2) is 4.70. The molecule has 0 spiro atoms. The third-order valence-electron chi connectivity index (χ3n) is 2.81. The number of carbonyl (C=O) groups is 1. The molecular weight excluding hydrogens is 228 g/mol. The van der Waals surface area contributed by atoms with E-state index >= 15 is 0 Å². The number of halogens is 1. The summed E-state index contributed by atoms with van der Waals surface area (Å²) >= 11 is 6.03. The number of carboxylic acid groups (broad SMARTS) is 1. The van der Waals surface area contributed by atoms with Gasteiger partial charge in [-0.1, -0.05) is 11.6 Å². The van der Waals surface area contributed by atoms with Gasteiger partial charge in [0, 0.05) is 19.3 Å². The smallest absolute Gasteiger partial charge is 0.308 e. The minimum absolute atomic E-state index is 0.313. The highest BCUT2D eigenvalue weighted by Crippen LogP contribution is 2.27. The fraction of sp³-hybridized carbons (Fsp3) is 0.455. The number of rotatable bonds is 2. The van der Waals surface area contributed by atoms with E-state index in [1.165, 1.54) is 0 Å². The van der Waals surface area contributed by atoms with E-state index in [-0.39, 0.29) is 5.92 Å². The molecule has 1 aliphatic rings. The molecule has 1 aliphatic heterocycles. The molecular formula is C11H13ClN2O2. The number of aliphatic carboxylic acids is 1. The van der Waals surface area contributed by atoms with Gasteiger partial charge in [0.25, 0.3) is 0 Å². The number of anilines is 1. The van der Waals surface area contributed by atoms with Crippen molar-refractivity contribution in [3.63, 3.8) is 0 Å². The van der Waals surface area contributed by atoms with Crippen molar-refractivity contribution in [1.82, 2.24) is 4.98 Å². The van der Waals surface area contributed by atoms with Crippen LogP contribution in [0.25, 0.3) is 0 Å². The van der Waals surface area contributed by atoms with Gasteiger partial charge >= 0.3 is 5.97 Å².